The van der Waals surface area contributed by atoms with E-state index in [1.807, 2.05) is 0 Å². The Morgan fingerprint density at radius 3 is 2.16 bits per heavy atom. The van der Waals surface area contributed by atoms with Crippen molar-refractivity contribution >= 4 is 23.4 Å². The lowest BCUT2D eigenvalue weighted by Gasteiger charge is -2.10. The summed E-state index contributed by atoms with van der Waals surface area (Å²) in [5, 5.41) is 2.34. The van der Waals surface area contributed by atoms with Crippen molar-refractivity contribution in [3.63, 3.8) is 0 Å². The molecule has 1 aromatic carbocycles. The fourth-order valence-electron chi connectivity index (χ4n) is 1.22. The number of nitrogens with one attached hydrogen (secondary N) is 1. The maximum atomic E-state index is 11.9. The number of alkyl halides is 3. The van der Waals surface area contributed by atoms with E-state index in [0.29, 0.717) is 17.2 Å². The van der Waals surface area contributed by atoms with E-state index in [2.05, 4.69) is 5.32 Å². The standard InChI is InChI=1S/C11H12F3NO3S/c1-17-8-3-7(4-9(5-8)18-2)15-10(16)6-19-11(12,13)14/h3-5H,6H2,1-2H3,(H,15,16). The van der Waals surface area contributed by atoms with E-state index in [-0.39, 0.29) is 0 Å². The molecule has 4 nitrogen and oxygen atoms in total. The Hall–Kier alpha value is -1.57. The summed E-state index contributed by atoms with van der Waals surface area (Å²) in [6, 6.07) is 4.55. The van der Waals surface area contributed by atoms with Crippen LogP contribution < -0.4 is 14.8 Å². The van der Waals surface area contributed by atoms with Crippen molar-refractivity contribution in [2.45, 2.75) is 5.51 Å². The van der Waals surface area contributed by atoms with E-state index in [1.54, 1.807) is 6.07 Å². The van der Waals surface area contributed by atoms with Gasteiger partial charge in [-0.1, -0.05) is 0 Å². The van der Waals surface area contributed by atoms with Crippen LogP contribution in [-0.2, 0) is 4.79 Å². The molecule has 0 fully saturated rings. The lowest BCUT2D eigenvalue weighted by Crippen LogP contribution is -2.17. The lowest BCUT2D eigenvalue weighted by molar-refractivity contribution is -0.114. The van der Waals surface area contributed by atoms with Gasteiger partial charge in [0.25, 0.3) is 0 Å². The zero-order valence-corrected chi connectivity index (χ0v) is 11.0. The van der Waals surface area contributed by atoms with Gasteiger partial charge in [-0.3, -0.25) is 4.79 Å². The Labute approximate surface area is 112 Å². The minimum absolute atomic E-state index is 0.309. The summed E-state index contributed by atoms with van der Waals surface area (Å²) in [6.45, 7) is 0. The van der Waals surface area contributed by atoms with Gasteiger partial charge in [0.05, 0.1) is 20.0 Å². The predicted molar refractivity (Wildman–Crippen MR) is 66.7 cm³/mol. The SMILES string of the molecule is COc1cc(NC(=O)CSC(F)(F)F)cc(OC)c1. The van der Waals surface area contributed by atoms with E-state index < -0.39 is 28.9 Å². The predicted octanol–water partition coefficient (Wildman–Crippen LogP) is 2.90. The normalized spacial score (nSPS) is 11.0. The molecule has 0 spiro atoms. The molecule has 0 saturated carbocycles. The van der Waals surface area contributed by atoms with Gasteiger partial charge in [0.1, 0.15) is 11.5 Å². The molecule has 0 aromatic heterocycles. The van der Waals surface area contributed by atoms with Crippen LogP contribution in [-0.4, -0.2) is 31.4 Å². The highest BCUT2D eigenvalue weighted by Crippen LogP contribution is 2.30. The molecule has 0 heterocycles. The molecule has 1 aromatic rings. The zero-order chi connectivity index (χ0) is 14.5. The first-order valence-electron chi connectivity index (χ1n) is 5.07. The van der Waals surface area contributed by atoms with Crippen molar-refractivity contribution < 1.29 is 27.4 Å². The van der Waals surface area contributed by atoms with Crippen LogP contribution in [0.1, 0.15) is 0 Å². The molecule has 1 N–H and O–H groups in total. The maximum Gasteiger partial charge on any atom is 0.442 e. The van der Waals surface area contributed by atoms with Gasteiger partial charge in [0.15, 0.2) is 0 Å². The molecule has 19 heavy (non-hydrogen) atoms. The third-order valence-electron chi connectivity index (χ3n) is 2.00. The number of amides is 1. The fraction of sp³-hybridized carbons (Fsp3) is 0.364. The van der Waals surface area contributed by atoms with Crippen molar-refractivity contribution in [2.75, 3.05) is 25.3 Å². The number of ether oxygens (including phenoxy) is 2. The largest absolute Gasteiger partial charge is 0.497 e. The Balaban J connectivity index is 2.68. The van der Waals surface area contributed by atoms with Crippen LogP contribution in [0.15, 0.2) is 18.2 Å². The molecule has 0 atom stereocenters. The number of benzene rings is 1. The third-order valence-corrected chi connectivity index (χ3v) is 2.74. The minimum Gasteiger partial charge on any atom is -0.497 e. The Morgan fingerprint density at radius 2 is 1.74 bits per heavy atom. The van der Waals surface area contributed by atoms with Crippen LogP contribution in [0.3, 0.4) is 0 Å². The Morgan fingerprint density at radius 1 is 1.21 bits per heavy atom. The summed E-state index contributed by atoms with van der Waals surface area (Å²) in [6.07, 6.45) is 0. The highest BCUT2D eigenvalue weighted by atomic mass is 32.2. The summed E-state index contributed by atoms with van der Waals surface area (Å²) in [4.78, 5) is 11.3. The van der Waals surface area contributed by atoms with E-state index in [1.165, 1.54) is 26.4 Å². The molecule has 0 unspecified atom stereocenters. The molecule has 0 aliphatic heterocycles. The van der Waals surface area contributed by atoms with Gasteiger partial charge in [-0.15, -0.1) is 0 Å². The topological polar surface area (TPSA) is 47.6 Å². The van der Waals surface area contributed by atoms with Crippen molar-refractivity contribution in [2.24, 2.45) is 0 Å². The number of halogens is 3. The quantitative estimate of drug-likeness (QED) is 0.907. The molecular weight excluding hydrogens is 283 g/mol. The number of carbonyl (C=O) groups is 1. The molecule has 0 bridgehead atoms. The van der Waals surface area contributed by atoms with E-state index in [9.17, 15) is 18.0 Å². The van der Waals surface area contributed by atoms with Crippen LogP contribution >= 0.6 is 11.8 Å². The molecule has 106 valence electrons. The maximum absolute atomic E-state index is 11.9. The van der Waals surface area contributed by atoms with Gasteiger partial charge in [-0.25, -0.2) is 0 Å². The van der Waals surface area contributed by atoms with Crippen molar-refractivity contribution in [1.82, 2.24) is 0 Å². The number of hydrogen-bond acceptors (Lipinski definition) is 4. The molecule has 0 aliphatic carbocycles. The van der Waals surface area contributed by atoms with Crippen LogP contribution in [0.25, 0.3) is 0 Å². The van der Waals surface area contributed by atoms with Crippen LogP contribution in [0.5, 0.6) is 11.5 Å². The Kier molecular flexibility index (Phi) is 5.34. The van der Waals surface area contributed by atoms with Crippen LogP contribution in [0.4, 0.5) is 18.9 Å². The number of thioether (sulfide) groups is 1. The van der Waals surface area contributed by atoms with Crippen molar-refractivity contribution in [3.8, 4) is 11.5 Å². The molecular formula is C11H12F3NO3S. The number of rotatable bonds is 5. The molecule has 8 heteroatoms. The summed E-state index contributed by atoms with van der Waals surface area (Å²) < 4.78 is 45.8. The molecule has 0 radical (unpaired) electrons. The average molecular weight is 295 g/mol. The van der Waals surface area contributed by atoms with Gasteiger partial charge < -0.3 is 14.8 Å². The summed E-state index contributed by atoms with van der Waals surface area (Å²) in [5.41, 5.74) is -4.12. The monoisotopic (exact) mass is 295 g/mol. The first-order chi connectivity index (χ1) is 8.84. The van der Waals surface area contributed by atoms with Gasteiger partial charge in [-0.05, 0) is 11.8 Å². The van der Waals surface area contributed by atoms with Gasteiger partial charge in [0, 0.05) is 23.9 Å². The second kappa shape index (κ2) is 6.55. The third kappa shape index (κ3) is 5.73. The first-order valence-corrected chi connectivity index (χ1v) is 6.06. The first kappa shape index (κ1) is 15.5. The van der Waals surface area contributed by atoms with Crippen LogP contribution in [0, 0.1) is 0 Å². The second-order valence-electron chi connectivity index (χ2n) is 3.38. The molecule has 0 saturated heterocycles. The second-order valence-corrected chi connectivity index (χ2v) is 4.42. The van der Waals surface area contributed by atoms with E-state index in [0.717, 1.165) is 0 Å². The molecule has 1 amide bonds. The average Bonchev–Trinajstić information content (AvgIpc) is 2.35. The number of methoxy groups -OCH3 is 2. The van der Waals surface area contributed by atoms with E-state index in [4.69, 9.17) is 9.47 Å². The minimum atomic E-state index is -4.43. The lowest BCUT2D eigenvalue weighted by atomic mass is 10.2. The fourth-order valence-corrected chi connectivity index (χ4v) is 1.59. The Bertz CT molecular complexity index is 429. The van der Waals surface area contributed by atoms with Crippen molar-refractivity contribution in [3.05, 3.63) is 18.2 Å². The van der Waals surface area contributed by atoms with Crippen molar-refractivity contribution in [1.29, 1.82) is 0 Å². The smallest absolute Gasteiger partial charge is 0.442 e. The highest BCUT2D eigenvalue weighted by molar-refractivity contribution is 8.00. The molecule has 0 aliphatic rings. The van der Waals surface area contributed by atoms with Gasteiger partial charge in [0.2, 0.25) is 5.91 Å². The number of carbonyl (C=O) groups excluding carboxylic acids is 1. The number of hydrogen-bond donors (Lipinski definition) is 1. The summed E-state index contributed by atoms with van der Waals surface area (Å²) in [7, 11) is 2.86. The van der Waals surface area contributed by atoms with Gasteiger partial charge >= 0.3 is 5.51 Å². The molecule has 1 rings (SSSR count). The van der Waals surface area contributed by atoms with E-state index >= 15 is 0 Å². The number of anilines is 1. The zero-order valence-electron chi connectivity index (χ0n) is 10.2. The summed E-state index contributed by atoms with van der Waals surface area (Å²) >= 11 is -0.394. The van der Waals surface area contributed by atoms with Crippen LogP contribution in [0.2, 0.25) is 0 Å². The van der Waals surface area contributed by atoms with Gasteiger partial charge in [-0.2, -0.15) is 13.2 Å². The summed E-state index contributed by atoms with van der Waals surface area (Å²) in [5.74, 6) is -0.600. The highest BCUT2D eigenvalue weighted by Gasteiger charge is 2.29.